The summed E-state index contributed by atoms with van der Waals surface area (Å²) in [5.41, 5.74) is 1.53. The Bertz CT molecular complexity index is 408. The second-order valence-electron chi connectivity index (χ2n) is 2.52. The molecule has 0 aliphatic carbocycles. The third-order valence-electron chi connectivity index (χ3n) is 1.64. The molecule has 0 amide bonds. The van der Waals surface area contributed by atoms with Gasteiger partial charge in [-0.2, -0.15) is 0 Å². The zero-order valence-electron chi connectivity index (χ0n) is 6.50. The molecule has 0 bridgehead atoms. The summed E-state index contributed by atoms with van der Waals surface area (Å²) in [6.45, 7) is 0. The molecule has 0 atom stereocenters. The molecule has 66 valence electrons. The van der Waals surface area contributed by atoms with Gasteiger partial charge in [-0.1, -0.05) is 40.5 Å². The van der Waals surface area contributed by atoms with Crippen LogP contribution in [0.2, 0.25) is 10.0 Å². The molecule has 13 heavy (non-hydrogen) atoms. The van der Waals surface area contributed by atoms with Crippen molar-refractivity contribution in [2.24, 2.45) is 0 Å². The standard InChI is InChI=1S/C9H5Cl2NO/c10-7-3-1-6(2-4-7)9-8(11)5-13-12-9/h1-5H. The number of halogens is 2. The van der Waals surface area contributed by atoms with E-state index in [1.165, 1.54) is 6.26 Å². The number of nitrogens with zero attached hydrogens (tertiary/aromatic N) is 1. The van der Waals surface area contributed by atoms with Crippen molar-refractivity contribution < 1.29 is 4.52 Å². The van der Waals surface area contributed by atoms with E-state index in [9.17, 15) is 0 Å². The van der Waals surface area contributed by atoms with Crippen LogP contribution in [0.15, 0.2) is 35.1 Å². The van der Waals surface area contributed by atoms with Gasteiger partial charge in [-0.3, -0.25) is 0 Å². The molecular weight excluding hydrogens is 209 g/mol. The number of benzene rings is 1. The largest absolute Gasteiger partial charge is 0.363 e. The third-order valence-corrected chi connectivity index (χ3v) is 2.16. The zero-order valence-corrected chi connectivity index (χ0v) is 8.01. The lowest BCUT2D eigenvalue weighted by atomic mass is 10.2. The molecule has 2 rings (SSSR count). The van der Waals surface area contributed by atoms with Crippen molar-refractivity contribution in [3.05, 3.63) is 40.6 Å². The minimum absolute atomic E-state index is 0.502. The summed E-state index contributed by atoms with van der Waals surface area (Å²) in [7, 11) is 0. The highest BCUT2D eigenvalue weighted by Crippen LogP contribution is 2.26. The smallest absolute Gasteiger partial charge is 0.143 e. The molecule has 0 spiro atoms. The minimum Gasteiger partial charge on any atom is -0.363 e. The van der Waals surface area contributed by atoms with E-state index in [2.05, 4.69) is 5.16 Å². The number of aromatic nitrogens is 1. The first-order chi connectivity index (χ1) is 6.27. The highest BCUT2D eigenvalue weighted by atomic mass is 35.5. The van der Waals surface area contributed by atoms with Gasteiger partial charge in [0.05, 0.1) is 0 Å². The lowest BCUT2D eigenvalue weighted by molar-refractivity contribution is 0.422. The summed E-state index contributed by atoms with van der Waals surface area (Å²) in [5, 5.41) is 4.95. The maximum absolute atomic E-state index is 5.82. The second-order valence-corrected chi connectivity index (χ2v) is 3.36. The lowest BCUT2D eigenvalue weighted by Crippen LogP contribution is -1.76. The number of rotatable bonds is 1. The summed E-state index contributed by atoms with van der Waals surface area (Å²) in [6.07, 6.45) is 1.39. The fourth-order valence-corrected chi connectivity index (χ4v) is 1.33. The molecular formula is C9H5Cl2NO. The van der Waals surface area contributed by atoms with Gasteiger partial charge in [-0.05, 0) is 12.1 Å². The van der Waals surface area contributed by atoms with Crippen molar-refractivity contribution in [3.8, 4) is 11.3 Å². The third kappa shape index (κ3) is 1.69. The molecule has 2 aromatic rings. The van der Waals surface area contributed by atoms with Crippen LogP contribution in [0.25, 0.3) is 11.3 Å². The van der Waals surface area contributed by atoms with Crippen molar-refractivity contribution in [2.45, 2.75) is 0 Å². The molecule has 0 aliphatic rings. The Balaban J connectivity index is 2.47. The van der Waals surface area contributed by atoms with Crippen LogP contribution in [0.4, 0.5) is 0 Å². The molecule has 0 radical (unpaired) electrons. The van der Waals surface area contributed by atoms with Gasteiger partial charge >= 0.3 is 0 Å². The summed E-state index contributed by atoms with van der Waals surface area (Å²) < 4.78 is 4.71. The monoisotopic (exact) mass is 213 g/mol. The Morgan fingerprint density at radius 3 is 2.31 bits per heavy atom. The van der Waals surface area contributed by atoms with Crippen molar-refractivity contribution >= 4 is 23.2 Å². The molecule has 1 heterocycles. The summed E-state index contributed by atoms with van der Waals surface area (Å²) >= 11 is 11.6. The predicted octanol–water partition coefficient (Wildman–Crippen LogP) is 3.65. The topological polar surface area (TPSA) is 26.0 Å². The molecule has 2 nitrogen and oxygen atoms in total. The maximum atomic E-state index is 5.82. The molecule has 1 aromatic heterocycles. The average Bonchev–Trinajstić information content (AvgIpc) is 2.53. The van der Waals surface area contributed by atoms with Crippen LogP contribution in [-0.2, 0) is 0 Å². The average molecular weight is 214 g/mol. The van der Waals surface area contributed by atoms with E-state index in [0.29, 0.717) is 15.7 Å². The summed E-state index contributed by atoms with van der Waals surface area (Å²) in [6, 6.07) is 7.24. The fraction of sp³-hybridized carbons (Fsp3) is 0. The molecule has 4 heteroatoms. The van der Waals surface area contributed by atoms with E-state index < -0.39 is 0 Å². The second kappa shape index (κ2) is 3.40. The van der Waals surface area contributed by atoms with Crippen molar-refractivity contribution in [1.82, 2.24) is 5.16 Å². The van der Waals surface area contributed by atoms with Crippen molar-refractivity contribution in [1.29, 1.82) is 0 Å². The molecule has 0 saturated carbocycles. The van der Waals surface area contributed by atoms with Gasteiger partial charge in [0.2, 0.25) is 0 Å². The first-order valence-corrected chi connectivity index (χ1v) is 4.39. The number of hydrogen-bond donors (Lipinski definition) is 0. The van der Waals surface area contributed by atoms with Gasteiger partial charge in [0.25, 0.3) is 0 Å². The van der Waals surface area contributed by atoms with Gasteiger partial charge in [0, 0.05) is 10.6 Å². The zero-order chi connectivity index (χ0) is 9.26. The van der Waals surface area contributed by atoms with E-state index in [0.717, 1.165) is 5.56 Å². The van der Waals surface area contributed by atoms with Crippen molar-refractivity contribution in [2.75, 3.05) is 0 Å². The lowest BCUT2D eigenvalue weighted by Gasteiger charge is -1.95. The maximum Gasteiger partial charge on any atom is 0.143 e. The van der Waals surface area contributed by atoms with Crippen LogP contribution in [0.1, 0.15) is 0 Å². The Morgan fingerprint density at radius 2 is 1.77 bits per heavy atom. The highest BCUT2D eigenvalue weighted by Gasteiger charge is 2.06. The Labute approximate surface area is 85.1 Å². The SMILES string of the molecule is Clc1ccc(-c2nocc2Cl)cc1. The molecule has 0 unspecified atom stereocenters. The van der Waals surface area contributed by atoms with E-state index >= 15 is 0 Å². The summed E-state index contributed by atoms with van der Waals surface area (Å²) in [4.78, 5) is 0. The van der Waals surface area contributed by atoms with Gasteiger partial charge in [0.1, 0.15) is 17.0 Å². The minimum atomic E-state index is 0.502. The predicted molar refractivity (Wildman–Crippen MR) is 52.0 cm³/mol. The summed E-state index contributed by atoms with van der Waals surface area (Å²) in [5.74, 6) is 0. The van der Waals surface area contributed by atoms with E-state index in [1.807, 2.05) is 12.1 Å². The first-order valence-electron chi connectivity index (χ1n) is 3.63. The Morgan fingerprint density at radius 1 is 1.08 bits per heavy atom. The van der Waals surface area contributed by atoms with Crippen LogP contribution in [0.3, 0.4) is 0 Å². The van der Waals surface area contributed by atoms with Gasteiger partial charge in [-0.15, -0.1) is 0 Å². The molecule has 0 saturated heterocycles. The van der Waals surface area contributed by atoms with Crippen LogP contribution in [-0.4, -0.2) is 5.16 Å². The van der Waals surface area contributed by atoms with Crippen LogP contribution in [0.5, 0.6) is 0 Å². The van der Waals surface area contributed by atoms with Gasteiger partial charge in [-0.25, -0.2) is 0 Å². The van der Waals surface area contributed by atoms with Crippen LogP contribution < -0.4 is 0 Å². The van der Waals surface area contributed by atoms with Crippen LogP contribution in [0, 0.1) is 0 Å². The highest BCUT2D eigenvalue weighted by molar-refractivity contribution is 6.33. The van der Waals surface area contributed by atoms with E-state index in [4.69, 9.17) is 27.7 Å². The normalized spacial score (nSPS) is 10.3. The van der Waals surface area contributed by atoms with E-state index in [1.54, 1.807) is 12.1 Å². The quantitative estimate of drug-likeness (QED) is 0.723. The molecule has 1 aromatic carbocycles. The molecule has 0 fully saturated rings. The Hall–Kier alpha value is -0.990. The molecule has 0 aliphatic heterocycles. The number of hydrogen-bond acceptors (Lipinski definition) is 2. The fourth-order valence-electron chi connectivity index (χ4n) is 1.02. The van der Waals surface area contributed by atoms with Crippen molar-refractivity contribution in [3.63, 3.8) is 0 Å². The van der Waals surface area contributed by atoms with Gasteiger partial charge in [0.15, 0.2) is 0 Å². The van der Waals surface area contributed by atoms with Gasteiger partial charge < -0.3 is 4.52 Å². The van der Waals surface area contributed by atoms with Crippen LogP contribution >= 0.6 is 23.2 Å². The first kappa shape index (κ1) is 8.60. The van der Waals surface area contributed by atoms with E-state index in [-0.39, 0.29) is 0 Å². The molecule has 0 N–H and O–H groups in total. The Kier molecular flexibility index (Phi) is 2.25.